The molecule has 0 aliphatic carbocycles. The average Bonchev–Trinajstić information content (AvgIpc) is 3.04. The van der Waals surface area contributed by atoms with Crippen molar-refractivity contribution in [2.75, 3.05) is 19.0 Å². The number of nitrogens with one attached hydrogen (secondary N) is 1. The summed E-state index contributed by atoms with van der Waals surface area (Å²) in [5.41, 5.74) is 5.26. The van der Waals surface area contributed by atoms with E-state index in [2.05, 4.69) is 15.5 Å². The van der Waals surface area contributed by atoms with Gasteiger partial charge in [-0.1, -0.05) is 23.9 Å². The molecule has 1 heterocycles. The van der Waals surface area contributed by atoms with Crippen LogP contribution in [0.5, 0.6) is 11.5 Å². The second-order valence-corrected chi connectivity index (χ2v) is 7.03. The summed E-state index contributed by atoms with van der Waals surface area (Å²) in [6.45, 7) is 4.95. The fourth-order valence-electron chi connectivity index (χ4n) is 2.75. The van der Waals surface area contributed by atoms with Gasteiger partial charge in [0.05, 0.1) is 36.2 Å². The molecule has 8 heteroatoms. The summed E-state index contributed by atoms with van der Waals surface area (Å²) in [6, 6.07) is 13.4. The highest BCUT2D eigenvalue weighted by atomic mass is 32.2. The van der Waals surface area contributed by atoms with Crippen LogP contribution in [0.25, 0.3) is 11.0 Å². The van der Waals surface area contributed by atoms with Gasteiger partial charge in [0.25, 0.3) is 5.91 Å². The normalized spacial score (nSPS) is 11.1. The van der Waals surface area contributed by atoms with Crippen LogP contribution in [-0.2, 0) is 11.8 Å². The Balaban J connectivity index is 1.58. The molecule has 0 saturated heterocycles. The molecule has 152 valence electrons. The van der Waals surface area contributed by atoms with Crippen molar-refractivity contribution >= 4 is 34.9 Å². The first kappa shape index (κ1) is 20.7. The van der Waals surface area contributed by atoms with E-state index in [1.807, 2.05) is 67.9 Å². The number of carbonyl (C=O) groups excluding carboxylic acids is 1. The first-order chi connectivity index (χ1) is 14.1. The lowest BCUT2D eigenvalue weighted by molar-refractivity contribution is -0.118. The summed E-state index contributed by atoms with van der Waals surface area (Å²) < 4.78 is 13.1. The van der Waals surface area contributed by atoms with Crippen LogP contribution in [-0.4, -0.2) is 40.6 Å². The van der Waals surface area contributed by atoms with Crippen LogP contribution in [0.1, 0.15) is 19.4 Å². The van der Waals surface area contributed by atoms with Crippen molar-refractivity contribution in [3.05, 3.63) is 48.0 Å². The van der Waals surface area contributed by atoms with Crippen LogP contribution in [0.15, 0.2) is 52.7 Å². The smallest absolute Gasteiger partial charge is 0.250 e. The van der Waals surface area contributed by atoms with E-state index in [1.54, 1.807) is 6.21 Å². The minimum atomic E-state index is -0.206. The van der Waals surface area contributed by atoms with Gasteiger partial charge in [-0.2, -0.15) is 5.10 Å². The molecule has 7 nitrogen and oxygen atoms in total. The number of thioether (sulfide) groups is 1. The maximum absolute atomic E-state index is 12.1. The molecule has 2 aromatic carbocycles. The number of fused-ring (bicyclic) bond motifs is 1. The first-order valence-electron chi connectivity index (χ1n) is 9.38. The number of rotatable bonds is 9. The molecule has 0 aliphatic heterocycles. The van der Waals surface area contributed by atoms with Gasteiger partial charge in [-0.25, -0.2) is 10.4 Å². The summed E-state index contributed by atoms with van der Waals surface area (Å²) >= 11 is 1.37. The molecule has 0 atom stereocenters. The maximum Gasteiger partial charge on any atom is 0.250 e. The molecule has 0 radical (unpaired) electrons. The molecule has 0 aliphatic rings. The zero-order valence-electron chi connectivity index (χ0n) is 16.7. The Morgan fingerprint density at radius 3 is 2.76 bits per heavy atom. The molecule has 0 bridgehead atoms. The molecule has 3 rings (SSSR count). The number of amides is 1. The molecular weight excluding hydrogens is 388 g/mol. The third kappa shape index (κ3) is 5.29. The van der Waals surface area contributed by atoms with Crippen LogP contribution in [0, 0.1) is 0 Å². The van der Waals surface area contributed by atoms with Crippen molar-refractivity contribution in [2.45, 2.75) is 19.0 Å². The van der Waals surface area contributed by atoms with Gasteiger partial charge in [-0.3, -0.25) is 4.79 Å². The van der Waals surface area contributed by atoms with E-state index in [-0.39, 0.29) is 11.7 Å². The van der Waals surface area contributed by atoms with Crippen molar-refractivity contribution in [3.63, 3.8) is 0 Å². The minimum absolute atomic E-state index is 0.206. The van der Waals surface area contributed by atoms with Gasteiger partial charge < -0.3 is 14.0 Å². The molecule has 1 N–H and O–H groups in total. The molecular formula is C21H24N4O3S. The Morgan fingerprint density at radius 2 is 2.00 bits per heavy atom. The third-order valence-corrected chi connectivity index (χ3v) is 5.10. The second-order valence-electron chi connectivity index (χ2n) is 6.09. The maximum atomic E-state index is 12.1. The standard InChI is InChI=1S/C21H24N4O3S/c1-4-27-16-11-10-15(19(12-16)28-5-2)13-22-24-20(26)14-29-21-23-17-8-6-7-9-18(17)25(21)3/h6-13H,4-5,14H2,1-3H3,(H,24,26)/b22-13-. The van der Waals surface area contributed by atoms with Crippen LogP contribution < -0.4 is 14.9 Å². The van der Waals surface area contributed by atoms with Crippen molar-refractivity contribution in [1.29, 1.82) is 0 Å². The highest BCUT2D eigenvalue weighted by Crippen LogP contribution is 2.24. The third-order valence-electron chi connectivity index (χ3n) is 4.07. The number of nitrogens with zero attached hydrogens (tertiary/aromatic N) is 3. The number of aryl methyl sites for hydroxylation is 1. The van der Waals surface area contributed by atoms with E-state index in [9.17, 15) is 4.79 Å². The van der Waals surface area contributed by atoms with E-state index in [0.29, 0.717) is 19.0 Å². The number of benzene rings is 2. The van der Waals surface area contributed by atoms with Crippen LogP contribution in [0.4, 0.5) is 0 Å². The molecule has 0 spiro atoms. The number of imidazole rings is 1. The number of para-hydroxylation sites is 2. The predicted molar refractivity (Wildman–Crippen MR) is 116 cm³/mol. The number of aromatic nitrogens is 2. The zero-order chi connectivity index (χ0) is 20.6. The highest BCUT2D eigenvalue weighted by molar-refractivity contribution is 7.99. The quantitative estimate of drug-likeness (QED) is 0.330. The highest BCUT2D eigenvalue weighted by Gasteiger charge is 2.10. The first-order valence-corrected chi connectivity index (χ1v) is 10.4. The molecule has 1 amide bonds. The Hall–Kier alpha value is -3.00. The predicted octanol–water partition coefficient (Wildman–Crippen LogP) is 3.61. The van der Waals surface area contributed by atoms with E-state index < -0.39 is 0 Å². The van der Waals surface area contributed by atoms with E-state index in [0.717, 1.165) is 27.5 Å². The van der Waals surface area contributed by atoms with Gasteiger partial charge in [0.1, 0.15) is 11.5 Å². The number of hydrogen-bond acceptors (Lipinski definition) is 6. The number of hydrazone groups is 1. The zero-order valence-corrected chi connectivity index (χ0v) is 17.5. The van der Waals surface area contributed by atoms with Crippen molar-refractivity contribution < 1.29 is 14.3 Å². The lowest BCUT2D eigenvalue weighted by Gasteiger charge is -2.10. The monoisotopic (exact) mass is 412 g/mol. The van der Waals surface area contributed by atoms with E-state index >= 15 is 0 Å². The summed E-state index contributed by atoms with van der Waals surface area (Å²) in [7, 11) is 1.94. The van der Waals surface area contributed by atoms with Crippen molar-refractivity contribution in [2.24, 2.45) is 12.1 Å². The molecule has 1 aromatic heterocycles. The Labute approximate surface area is 174 Å². The van der Waals surface area contributed by atoms with Gasteiger partial charge in [0, 0.05) is 18.7 Å². The van der Waals surface area contributed by atoms with Gasteiger partial charge in [-0.15, -0.1) is 0 Å². The summed E-state index contributed by atoms with van der Waals surface area (Å²) in [6.07, 6.45) is 1.57. The number of hydrogen-bond donors (Lipinski definition) is 1. The number of carbonyl (C=O) groups is 1. The SMILES string of the molecule is CCOc1ccc(/C=N\NC(=O)CSc2nc3ccccc3n2C)c(OCC)c1. The Kier molecular flexibility index (Phi) is 7.13. The lowest BCUT2D eigenvalue weighted by atomic mass is 10.2. The van der Waals surface area contributed by atoms with Gasteiger partial charge in [0.2, 0.25) is 0 Å². The molecule has 29 heavy (non-hydrogen) atoms. The largest absolute Gasteiger partial charge is 0.494 e. The number of ether oxygens (including phenoxy) is 2. The summed E-state index contributed by atoms with van der Waals surface area (Å²) in [5, 5.41) is 4.84. The summed E-state index contributed by atoms with van der Waals surface area (Å²) in [5.74, 6) is 1.40. The van der Waals surface area contributed by atoms with Crippen LogP contribution in [0.2, 0.25) is 0 Å². The topological polar surface area (TPSA) is 77.7 Å². The Bertz CT molecular complexity index is 1020. The molecule has 0 unspecified atom stereocenters. The fourth-order valence-corrected chi connectivity index (χ4v) is 3.53. The lowest BCUT2D eigenvalue weighted by Crippen LogP contribution is -2.20. The van der Waals surface area contributed by atoms with E-state index in [1.165, 1.54) is 11.8 Å². The van der Waals surface area contributed by atoms with Gasteiger partial charge in [-0.05, 0) is 38.1 Å². The average molecular weight is 413 g/mol. The van der Waals surface area contributed by atoms with E-state index in [4.69, 9.17) is 9.47 Å². The van der Waals surface area contributed by atoms with Crippen LogP contribution >= 0.6 is 11.8 Å². The summed E-state index contributed by atoms with van der Waals surface area (Å²) in [4.78, 5) is 16.7. The molecule has 3 aromatic rings. The van der Waals surface area contributed by atoms with Crippen molar-refractivity contribution in [1.82, 2.24) is 15.0 Å². The molecule has 0 saturated carbocycles. The van der Waals surface area contributed by atoms with Gasteiger partial charge >= 0.3 is 0 Å². The Morgan fingerprint density at radius 1 is 1.21 bits per heavy atom. The van der Waals surface area contributed by atoms with Crippen molar-refractivity contribution in [3.8, 4) is 11.5 Å². The molecule has 0 fully saturated rings. The van der Waals surface area contributed by atoms with Crippen LogP contribution in [0.3, 0.4) is 0 Å². The minimum Gasteiger partial charge on any atom is -0.494 e. The second kappa shape index (κ2) is 9.97. The van der Waals surface area contributed by atoms with Gasteiger partial charge in [0.15, 0.2) is 5.16 Å². The fraction of sp³-hybridized carbons (Fsp3) is 0.286.